The Kier molecular flexibility index (Phi) is 7.19. The molecule has 1 amide bonds. The van der Waals surface area contributed by atoms with Gasteiger partial charge in [-0.2, -0.15) is 0 Å². The van der Waals surface area contributed by atoms with Crippen LogP contribution in [0.25, 0.3) is 22.8 Å². The first-order chi connectivity index (χ1) is 16.5. The Morgan fingerprint density at radius 3 is 2.62 bits per heavy atom. The molecule has 10 heteroatoms. The lowest BCUT2D eigenvalue weighted by molar-refractivity contribution is -0.146. The quantitative estimate of drug-likeness (QED) is 0.346. The molecular formula is C24H20N2O7S. The number of rotatable bonds is 9. The largest absolute Gasteiger partial charge is 0.464 e. The van der Waals surface area contributed by atoms with Crippen LogP contribution in [0.3, 0.4) is 0 Å². The van der Waals surface area contributed by atoms with Gasteiger partial charge in [0.2, 0.25) is 5.89 Å². The van der Waals surface area contributed by atoms with E-state index >= 15 is 0 Å². The maximum absolute atomic E-state index is 12.5. The second-order valence-corrected chi connectivity index (χ2v) is 7.83. The van der Waals surface area contributed by atoms with Crippen LogP contribution in [0.15, 0.2) is 69.2 Å². The number of anilines is 1. The average Bonchev–Trinajstić information content (AvgIpc) is 3.59. The molecule has 1 aromatic carbocycles. The molecule has 0 saturated heterocycles. The highest BCUT2D eigenvalue weighted by Crippen LogP contribution is 2.36. The number of furan rings is 1. The lowest BCUT2D eigenvalue weighted by Gasteiger charge is -2.08. The monoisotopic (exact) mass is 480 g/mol. The minimum atomic E-state index is -0.642. The summed E-state index contributed by atoms with van der Waals surface area (Å²) in [4.78, 5) is 41.3. The van der Waals surface area contributed by atoms with Crippen molar-refractivity contribution in [2.75, 3.05) is 18.5 Å². The first-order valence-corrected chi connectivity index (χ1v) is 11.2. The van der Waals surface area contributed by atoms with Gasteiger partial charge in [0.25, 0.3) is 5.91 Å². The summed E-state index contributed by atoms with van der Waals surface area (Å²) < 4.78 is 21.0. The van der Waals surface area contributed by atoms with Crippen LogP contribution in [-0.4, -0.2) is 36.0 Å². The van der Waals surface area contributed by atoms with Gasteiger partial charge >= 0.3 is 11.9 Å². The summed E-state index contributed by atoms with van der Waals surface area (Å²) in [6, 6.07) is 12.6. The number of thiophene rings is 1. The molecule has 0 unspecified atom stereocenters. The van der Waals surface area contributed by atoms with Crippen LogP contribution in [0.2, 0.25) is 0 Å². The van der Waals surface area contributed by atoms with E-state index < -0.39 is 24.5 Å². The Balaban J connectivity index is 1.35. The summed E-state index contributed by atoms with van der Waals surface area (Å²) in [5, 5.41) is 4.56. The van der Waals surface area contributed by atoms with Crippen molar-refractivity contribution >= 4 is 34.2 Å². The molecule has 0 aliphatic carbocycles. The summed E-state index contributed by atoms with van der Waals surface area (Å²) in [7, 11) is 0. The number of oxazole rings is 1. The van der Waals surface area contributed by atoms with E-state index in [0.29, 0.717) is 22.9 Å². The van der Waals surface area contributed by atoms with E-state index in [4.69, 9.17) is 18.3 Å². The van der Waals surface area contributed by atoms with Crippen molar-refractivity contribution < 1.29 is 32.7 Å². The number of benzene rings is 1. The number of amides is 1. The lowest BCUT2D eigenvalue weighted by atomic mass is 10.1. The number of aromatic nitrogens is 1. The van der Waals surface area contributed by atoms with Gasteiger partial charge in [-0.05, 0) is 31.2 Å². The Bertz CT molecular complexity index is 1280. The molecule has 3 heterocycles. The van der Waals surface area contributed by atoms with Crippen molar-refractivity contribution in [2.24, 2.45) is 0 Å². The lowest BCUT2D eigenvalue weighted by Crippen LogP contribution is -2.22. The summed E-state index contributed by atoms with van der Waals surface area (Å²) in [5.41, 5.74) is 1.84. The zero-order valence-corrected chi connectivity index (χ0v) is 18.9. The second kappa shape index (κ2) is 10.6. The highest BCUT2D eigenvalue weighted by molar-refractivity contribution is 7.15. The zero-order valence-electron chi connectivity index (χ0n) is 18.1. The maximum Gasteiger partial charge on any atom is 0.341 e. The normalized spacial score (nSPS) is 10.6. The fraction of sp³-hybridized carbons (Fsp3) is 0.167. The predicted octanol–water partition coefficient (Wildman–Crippen LogP) is 4.56. The summed E-state index contributed by atoms with van der Waals surface area (Å²) >= 11 is 1.14. The number of carbonyl (C=O) groups excluding carboxylic acids is 3. The Morgan fingerprint density at radius 1 is 1.06 bits per heavy atom. The molecule has 0 aliphatic heterocycles. The molecule has 34 heavy (non-hydrogen) atoms. The number of hydrogen-bond acceptors (Lipinski definition) is 9. The molecule has 0 atom stereocenters. The molecule has 0 saturated carbocycles. The Hall–Kier alpha value is -4.18. The number of hydrogen-bond donors (Lipinski definition) is 1. The third-order valence-corrected chi connectivity index (χ3v) is 5.47. The van der Waals surface area contributed by atoms with Gasteiger partial charge in [0.15, 0.2) is 6.61 Å². The molecule has 0 aliphatic rings. The molecular weight excluding hydrogens is 460 g/mol. The van der Waals surface area contributed by atoms with Crippen LogP contribution < -0.4 is 5.32 Å². The van der Waals surface area contributed by atoms with Gasteiger partial charge in [-0.1, -0.05) is 18.2 Å². The van der Waals surface area contributed by atoms with Crippen molar-refractivity contribution in [2.45, 2.75) is 13.3 Å². The van der Waals surface area contributed by atoms with Crippen LogP contribution in [0, 0.1) is 0 Å². The number of carbonyl (C=O) groups is 3. The molecule has 4 aromatic rings. The zero-order chi connectivity index (χ0) is 23.9. The third-order valence-electron chi connectivity index (χ3n) is 4.57. The molecule has 174 valence electrons. The number of nitrogens with one attached hydrogen (secondary N) is 1. The molecule has 9 nitrogen and oxygen atoms in total. The highest BCUT2D eigenvalue weighted by Gasteiger charge is 2.24. The first-order valence-electron chi connectivity index (χ1n) is 10.3. The van der Waals surface area contributed by atoms with Gasteiger partial charge in [0, 0.05) is 16.5 Å². The third kappa shape index (κ3) is 5.41. The fourth-order valence-electron chi connectivity index (χ4n) is 3.08. The van der Waals surface area contributed by atoms with E-state index in [1.807, 2.05) is 30.3 Å². The van der Waals surface area contributed by atoms with E-state index in [1.54, 1.807) is 24.4 Å². The van der Waals surface area contributed by atoms with E-state index in [2.05, 4.69) is 10.3 Å². The summed E-state index contributed by atoms with van der Waals surface area (Å²) in [6.07, 6.45) is 2.70. The van der Waals surface area contributed by atoms with Crippen molar-refractivity contribution in [3.8, 4) is 22.8 Å². The molecule has 0 fully saturated rings. The SMILES string of the molecule is CCOC(=O)c1c(-c2ccco2)csc1NC(=O)COC(=O)Cc1coc(-c2ccccc2)n1. The highest BCUT2D eigenvalue weighted by atomic mass is 32.1. The number of esters is 2. The summed E-state index contributed by atoms with van der Waals surface area (Å²) in [6.45, 7) is 1.33. The van der Waals surface area contributed by atoms with Gasteiger partial charge in [-0.3, -0.25) is 9.59 Å². The fourth-order valence-corrected chi connectivity index (χ4v) is 4.03. The Morgan fingerprint density at radius 2 is 1.88 bits per heavy atom. The average molecular weight is 480 g/mol. The topological polar surface area (TPSA) is 121 Å². The smallest absolute Gasteiger partial charge is 0.341 e. The molecule has 0 spiro atoms. The van der Waals surface area contributed by atoms with Gasteiger partial charge in [0.1, 0.15) is 22.6 Å². The van der Waals surface area contributed by atoms with Gasteiger partial charge in [0.05, 0.1) is 25.0 Å². The van der Waals surface area contributed by atoms with Crippen LogP contribution in [-0.2, 0) is 25.5 Å². The predicted molar refractivity (Wildman–Crippen MR) is 123 cm³/mol. The van der Waals surface area contributed by atoms with Crippen LogP contribution in [0.4, 0.5) is 5.00 Å². The van der Waals surface area contributed by atoms with Gasteiger partial charge in [-0.15, -0.1) is 11.3 Å². The standard InChI is InChI=1S/C24H20N2O7S/c1-2-30-24(29)21-17(18-9-6-10-31-18)14-34-23(21)26-19(27)13-32-20(28)11-16-12-33-22(25-16)15-7-4-3-5-8-15/h3-10,12,14H,2,11,13H2,1H3,(H,26,27). The van der Waals surface area contributed by atoms with E-state index in [9.17, 15) is 14.4 Å². The molecule has 0 radical (unpaired) electrons. The minimum Gasteiger partial charge on any atom is -0.464 e. The Labute approximate surface area is 198 Å². The molecule has 0 bridgehead atoms. The van der Waals surface area contributed by atoms with Crippen molar-refractivity contribution in [1.82, 2.24) is 4.98 Å². The van der Waals surface area contributed by atoms with E-state index in [0.717, 1.165) is 16.9 Å². The maximum atomic E-state index is 12.5. The number of nitrogens with zero attached hydrogens (tertiary/aromatic N) is 1. The van der Waals surface area contributed by atoms with Gasteiger partial charge in [-0.25, -0.2) is 9.78 Å². The van der Waals surface area contributed by atoms with Crippen molar-refractivity contribution in [3.05, 3.63) is 71.6 Å². The molecule has 4 rings (SSSR count). The first kappa shape index (κ1) is 23.0. The minimum absolute atomic E-state index is 0.153. The van der Waals surface area contributed by atoms with Gasteiger partial charge < -0.3 is 23.6 Å². The summed E-state index contributed by atoms with van der Waals surface area (Å²) in [5.74, 6) is -0.984. The second-order valence-electron chi connectivity index (χ2n) is 6.95. The van der Waals surface area contributed by atoms with Crippen LogP contribution in [0.1, 0.15) is 23.0 Å². The van der Waals surface area contributed by atoms with Crippen molar-refractivity contribution in [1.29, 1.82) is 0 Å². The van der Waals surface area contributed by atoms with Crippen LogP contribution in [0.5, 0.6) is 0 Å². The van der Waals surface area contributed by atoms with E-state index in [-0.39, 0.29) is 23.6 Å². The molecule has 1 N–H and O–H groups in total. The van der Waals surface area contributed by atoms with Crippen LogP contribution >= 0.6 is 11.3 Å². The molecule has 3 aromatic heterocycles. The number of ether oxygens (including phenoxy) is 2. The van der Waals surface area contributed by atoms with E-state index in [1.165, 1.54) is 12.5 Å². The van der Waals surface area contributed by atoms with Crippen molar-refractivity contribution in [3.63, 3.8) is 0 Å².